The third kappa shape index (κ3) is 9.11. The van der Waals surface area contributed by atoms with Crippen LogP contribution < -0.4 is 4.74 Å². The van der Waals surface area contributed by atoms with Gasteiger partial charge in [-0.05, 0) is 87.4 Å². The number of carboxylic acid groups (broad SMARTS) is 1. The number of methoxy groups -OCH3 is 1. The molecule has 0 aliphatic carbocycles. The summed E-state index contributed by atoms with van der Waals surface area (Å²) in [6.45, 7) is 10.1. The number of aryl methyl sites for hydroxylation is 1. The molecule has 1 aromatic carbocycles. The quantitative estimate of drug-likeness (QED) is 0.0726. The standard InChI is InChI=1S/C37H40N8O8S3/c1-20-14-22(51-7)9-8-21(20)17-44-32(40-42-43-44)31-27(56-23-10-12-38-13-11-23)19-55-34-24(33(48)45(31)34)15-26(46)30(41-53-37(5,6)35(49)50)25-18-54-28(39-25)16-29(47)52-36(2,3)4/h8-14,18,24,34H,15-17,19H2,1-7H3,(H,49,50)/b41-30-/t24-,34-/m1/s1. The van der Waals surface area contributed by atoms with Crippen molar-refractivity contribution in [1.82, 2.24) is 35.1 Å². The van der Waals surface area contributed by atoms with E-state index in [2.05, 4.69) is 30.6 Å². The molecule has 2 atom stereocenters. The SMILES string of the molecule is COc1ccc(Cn2nnnc2C2=C(Sc3ccncc3)CS[C@@H]3[C@H](CC(=O)/C(=N\OC(C)(C)C(=O)O)c4csc(CC(=O)OC(C)(C)C)n4)C(=O)N23)c(C)c1. The van der Waals surface area contributed by atoms with Gasteiger partial charge in [0.05, 0.1) is 31.4 Å². The molecule has 2 aliphatic rings. The Kier molecular flexibility index (Phi) is 12.0. The summed E-state index contributed by atoms with van der Waals surface area (Å²) < 4.78 is 12.4. The van der Waals surface area contributed by atoms with Crippen molar-refractivity contribution in [3.63, 3.8) is 0 Å². The summed E-state index contributed by atoms with van der Waals surface area (Å²) in [5.74, 6) is -1.85. The van der Waals surface area contributed by atoms with Gasteiger partial charge in [0.25, 0.3) is 0 Å². The third-order valence-electron chi connectivity index (χ3n) is 8.61. The third-order valence-corrected chi connectivity index (χ3v) is 12.1. The molecule has 19 heteroatoms. The number of amides is 1. The number of tetrazole rings is 1. The number of pyridine rings is 1. The molecular weight excluding hydrogens is 781 g/mol. The molecule has 2 aliphatic heterocycles. The molecule has 5 heterocycles. The van der Waals surface area contributed by atoms with Crippen LogP contribution in [0.3, 0.4) is 0 Å². The van der Waals surface area contributed by atoms with Gasteiger partial charge in [0.1, 0.15) is 27.7 Å². The highest BCUT2D eigenvalue weighted by molar-refractivity contribution is 8.06. The van der Waals surface area contributed by atoms with Crippen LogP contribution in [0.25, 0.3) is 5.70 Å². The molecule has 56 heavy (non-hydrogen) atoms. The highest BCUT2D eigenvalue weighted by atomic mass is 32.2. The number of ketones is 1. The van der Waals surface area contributed by atoms with Crippen molar-refractivity contribution in [2.45, 2.75) is 82.4 Å². The second-order valence-electron chi connectivity index (χ2n) is 14.4. The van der Waals surface area contributed by atoms with Gasteiger partial charge in [0.15, 0.2) is 17.3 Å². The van der Waals surface area contributed by atoms with E-state index in [9.17, 15) is 24.3 Å². The van der Waals surface area contributed by atoms with Gasteiger partial charge in [-0.1, -0.05) is 23.0 Å². The summed E-state index contributed by atoms with van der Waals surface area (Å²) in [7, 11) is 1.61. The van der Waals surface area contributed by atoms with E-state index in [0.717, 1.165) is 38.0 Å². The maximum absolute atomic E-state index is 14.2. The number of benzene rings is 1. The topological polar surface area (TPSA) is 201 Å². The molecule has 1 amide bonds. The number of oxime groups is 1. The fourth-order valence-corrected chi connectivity index (χ4v) is 9.01. The van der Waals surface area contributed by atoms with Crippen LogP contribution >= 0.6 is 34.9 Å². The molecular formula is C37H40N8O8S3. The van der Waals surface area contributed by atoms with E-state index >= 15 is 0 Å². The van der Waals surface area contributed by atoms with Crippen LogP contribution in [0.4, 0.5) is 0 Å². The molecule has 0 unspecified atom stereocenters. The predicted molar refractivity (Wildman–Crippen MR) is 209 cm³/mol. The van der Waals surface area contributed by atoms with Gasteiger partial charge in [-0.2, -0.15) is 0 Å². The van der Waals surface area contributed by atoms with Gasteiger partial charge >= 0.3 is 11.9 Å². The van der Waals surface area contributed by atoms with Crippen LogP contribution in [0, 0.1) is 12.8 Å². The zero-order valence-corrected chi connectivity index (χ0v) is 34.2. The Bertz CT molecular complexity index is 2210. The number of β-lactam (4-membered cyclic amide) rings is 1. The lowest BCUT2D eigenvalue weighted by molar-refractivity contribution is -0.161. The zero-order chi connectivity index (χ0) is 40.4. The average molecular weight is 821 g/mol. The average Bonchev–Trinajstić information content (AvgIpc) is 3.80. The Labute approximate surface area is 335 Å². The Hall–Kier alpha value is -5.14. The van der Waals surface area contributed by atoms with Gasteiger partial charge in [0, 0.05) is 39.7 Å². The molecule has 1 N–H and O–H groups in total. The van der Waals surface area contributed by atoms with Crippen LogP contribution in [0.1, 0.15) is 68.7 Å². The second-order valence-corrected chi connectivity index (χ2v) is 17.6. The number of Topliss-reactive ketones (excluding diaryl/α,β-unsaturated/α-hetero) is 1. The molecule has 6 rings (SSSR count). The van der Waals surface area contributed by atoms with Crippen LogP contribution in [0.15, 0.2) is 63.1 Å². The minimum absolute atomic E-state index is 0.0873. The minimum Gasteiger partial charge on any atom is -0.497 e. The van der Waals surface area contributed by atoms with Gasteiger partial charge in [-0.3, -0.25) is 24.3 Å². The van der Waals surface area contributed by atoms with Crippen molar-refractivity contribution in [3.05, 3.63) is 80.7 Å². The number of thioether (sulfide) groups is 2. The summed E-state index contributed by atoms with van der Waals surface area (Å²) in [6.07, 6.45) is 2.97. The number of hydrogen-bond donors (Lipinski definition) is 1. The molecule has 1 saturated heterocycles. The summed E-state index contributed by atoms with van der Waals surface area (Å²) in [4.78, 5) is 70.0. The van der Waals surface area contributed by atoms with Crippen molar-refractivity contribution in [2.75, 3.05) is 12.9 Å². The van der Waals surface area contributed by atoms with E-state index in [0.29, 0.717) is 28.8 Å². The first kappa shape index (κ1) is 40.5. The normalized spacial score (nSPS) is 17.3. The maximum atomic E-state index is 14.2. The number of aromatic nitrogens is 6. The van der Waals surface area contributed by atoms with Gasteiger partial charge in [-0.15, -0.1) is 28.2 Å². The van der Waals surface area contributed by atoms with Gasteiger partial charge < -0.3 is 19.4 Å². The molecule has 0 radical (unpaired) electrons. The summed E-state index contributed by atoms with van der Waals surface area (Å²) in [5, 5.41) is 27.8. The summed E-state index contributed by atoms with van der Waals surface area (Å²) in [5.41, 5.74) is -0.170. The van der Waals surface area contributed by atoms with E-state index in [1.165, 1.54) is 42.8 Å². The van der Waals surface area contributed by atoms with E-state index in [1.54, 1.807) is 49.9 Å². The first-order valence-corrected chi connectivity index (χ1v) is 20.1. The number of hydrogen-bond acceptors (Lipinski definition) is 16. The van der Waals surface area contributed by atoms with Crippen molar-refractivity contribution in [1.29, 1.82) is 0 Å². The molecule has 1 fully saturated rings. The Morgan fingerprint density at radius 3 is 2.54 bits per heavy atom. The second kappa shape index (κ2) is 16.5. The number of esters is 1. The lowest BCUT2D eigenvalue weighted by atomic mass is 9.89. The fraction of sp³-hybridized carbons (Fsp3) is 0.405. The van der Waals surface area contributed by atoms with Crippen molar-refractivity contribution >= 4 is 69.9 Å². The number of fused-ring (bicyclic) bond motifs is 1. The Balaban J connectivity index is 1.29. The Morgan fingerprint density at radius 2 is 1.86 bits per heavy atom. The maximum Gasteiger partial charge on any atom is 0.350 e. The van der Waals surface area contributed by atoms with Crippen LogP contribution in [-0.4, -0.2) is 99.0 Å². The number of rotatable bonds is 15. The lowest BCUT2D eigenvalue weighted by Gasteiger charge is -2.50. The predicted octanol–water partition coefficient (Wildman–Crippen LogP) is 5.01. The van der Waals surface area contributed by atoms with Gasteiger partial charge in [0.2, 0.25) is 11.5 Å². The molecule has 4 aromatic rings. The minimum atomic E-state index is -1.78. The molecule has 3 aromatic heterocycles. The van der Waals surface area contributed by atoms with Crippen molar-refractivity contribution < 1.29 is 38.6 Å². The molecule has 0 saturated carbocycles. The lowest BCUT2D eigenvalue weighted by Crippen LogP contribution is -2.60. The van der Waals surface area contributed by atoms with Crippen molar-refractivity contribution in [3.8, 4) is 5.75 Å². The van der Waals surface area contributed by atoms with E-state index in [4.69, 9.17) is 14.3 Å². The number of carboxylic acids is 1. The zero-order valence-electron chi connectivity index (χ0n) is 31.7. The number of thiazole rings is 1. The fourth-order valence-electron chi connectivity index (χ4n) is 5.72. The number of carbonyl (C=O) groups excluding carboxylic acids is 3. The largest absolute Gasteiger partial charge is 0.497 e. The number of nitrogens with zero attached hydrogens (tertiary/aromatic N) is 8. The number of aliphatic carboxylic acids is 1. The van der Waals surface area contributed by atoms with Crippen LogP contribution in [0.5, 0.6) is 5.75 Å². The molecule has 0 bridgehead atoms. The van der Waals surface area contributed by atoms with E-state index in [1.807, 2.05) is 37.3 Å². The van der Waals surface area contributed by atoms with Crippen molar-refractivity contribution in [2.24, 2.45) is 11.1 Å². The van der Waals surface area contributed by atoms with Crippen LogP contribution in [0.2, 0.25) is 0 Å². The molecule has 16 nitrogen and oxygen atoms in total. The first-order chi connectivity index (χ1) is 26.5. The summed E-state index contributed by atoms with van der Waals surface area (Å²) >= 11 is 4.11. The van der Waals surface area contributed by atoms with Crippen LogP contribution in [-0.2, 0) is 41.7 Å². The summed E-state index contributed by atoms with van der Waals surface area (Å²) in [6, 6.07) is 9.49. The highest BCUT2D eigenvalue weighted by Crippen LogP contribution is 2.51. The monoisotopic (exact) mass is 820 g/mol. The Morgan fingerprint density at radius 1 is 1.11 bits per heavy atom. The molecule has 0 spiro atoms. The number of ether oxygens (including phenoxy) is 2. The molecule has 294 valence electrons. The van der Waals surface area contributed by atoms with E-state index < -0.39 is 40.2 Å². The number of carbonyl (C=O) groups is 4. The van der Waals surface area contributed by atoms with Gasteiger partial charge in [-0.25, -0.2) is 14.5 Å². The van der Waals surface area contributed by atoms with E-state index in [-0.39, 0.29) is 30.2 Å². The first-order valence-electron chi connectivity index (χ1n) is 17.4. The smallest absolute Gasteiger partial charge is 0.350 e. The highest BCUT2D eigenvalue weighted by Gasteiger charge is 2.54.